The van der Waals surface area contributed by atoms with E-state index in [-0.39, 0.29) is 5.91 Å². The maximum absolute atomic E-state index is 12.4. The summed E-state index contributed by atoms with van der Waals surface area (Å²) in [6, 6.07) is 4.12. The summed E-state index contributed by atoms with van der Waals surface area (Å²) >= 11 is 3.33. The molecular formula is C21H26N2OS2. The lowest BCUT2D eigenvalue weighted by Crippen LogP contribution is -2.47. The first kappa shape index (κ1) is 16.9. The van der Waals surface area contributed by atoms with Crippen molar-refractivity contribution in [3.8, 4) is 9.88 Å². The van der Waals surface area contributed by atoms with Gasteiger partial charge < -0.3 is 5.32 Å². The molecule has 4 fully saturated rings. The van der Waals surface area contributed by atoms with Gasteiger partial charge in [0.05, 0.1) is 17.0 Å². The number of amides is 1. The monoisotopic (exact) mass is 386 g/mol. The topological polar surface area (TPSA) is 42.0 Å². The van der Waals surface area contributed by atoms with Gasteiger partial charge in [0.1, 0.15) is 5.01 Å². The van der Waals surface area contributed by atoms with Crippen molar-refractivity contribution in [3.63, 3.8) is 0 Å². The van der Waals surface area contributed by atoms with Crippen LogP contribution in [0.1, 0.15) is 50.6 Å². The Labute approximate surface area is 163 Å². The normalized spacial score (nSPS) is 32.1. The summed E-state index contributed by atoms with van der Waals surface area (Å²) in [4.78, 5) is 18.2. The Kier molecular flexibility index (Phi) is 4.40. The molecule has 4 aliphatic rings. The highest BCUT2D eigenvalue weighted by atomic mass is 32.1. The number of rotatable bonds is 6. The van der Waals surface area contributed by atoms with E-state index in [1.165, 1.54) is 49.8 Å². The van der Waals surface area contributed by atoms with Crippen molar-refractivity contribution >= 4 is 28.6 Å². The molecule has 0 spiro atoms. The fourth-order valence-corrected chi connectivity index (χ4v) is 7.83. The molecule has 5 heteroatoms. The quantitative estimate of drug-likeness (QED) is 0.747. The van der Waals surface area contributed by atoms with Crippen LogP contribution in [0.2, 0.25) is 0 Å². The van der Waals surface area contributed by atoms with Gasteiger partial charge in [-0.25, -0.2) is 4.98 Å². The molecule has 2 aromatic rings. The molecule has 2 aromatic heterocycles. The Balaban J connectivity index is 1.13. The van der Waals surface area contributed by atoms with Crippen LogP contribution in [0.15, 0.2) is 22.9 Å². The summed E-state index contributed by atoms with van der Waals surface area (Å²) in [6.45, 7) is 0.840. The van der Waals surface area contributed by atoms with Gasteiger partial charge in [-0.3, -0.25) is 4.79 Å². The van der Waals surface area contributed by atoms with E-state index >= 15 is 0 Å². The molecule has 4 aliphatic carbocycles. The van der Waals surface area contributed by atoms with Crippen molar-refractivity contribution in [2.24, 2.45) is 23.2 Å². The predicted molar refractivity (Wildman–Crippen MR) is 107 cm³/mol. The van der Waals surface area contributed by atoms with Crippen molar-refractivity contribution in [3.05, 3.63) is 28.6 Å². The fourth-order valence-electron chi connectivity index (χ4n) is 6.19. The van der Waals surface area contributed by atoms with Gasteiger partial charge in [0.2, 0.25) is 5.91 Å². The molecule has 0 atom stereocenters. The summed E-state index contributed by atoms with van der Waals surface area (Å²) in [5.74, 6) is 3.09. The van der Waals surface area contributed by atoms with Crippen molar-refractivity contribution in [2.45, 2.75) is 51.4 Å². The van der Waals surface area contributed by atoms with Gasteiger partial charge in [-0.2, -0.15) is 0 Å². The summed E-state index contributed by atoms with van der Waals surface area (Å²) in [7, 11) is 0. The van der Waals surface area contributed by atoms with E-state index in [9.17, 15) is 4.79 Å². The van der Waals surface area contributed by atoms with Crippen LogP contribution in [-0.2, 0) is 11.2 Å². The molecule has 4 saturated carbocycles. The number of thiazole rings is 1. The van der Waals surface area contributed by atoms with Gasteiger partial charge in [-0.05, 0) is 79.6 Å². The smallest absolute Gasteiger partial charge is 0.226 e. The first-order valence-electron chi connectivity index (χ1n) is 9.92. The summed E-state index contributed by atoms with van der Waals surface area (Å²) in [6.07, 6.45) is 10.3. The minimum Gasteiger partial charge on any atom is -0.356 e. The van der Waals surface area contributed by atoms with Crippen molar-refractivity contribution < 1.29 is 4.79 Å². The molecule has 1 N–H and O–H groups in total. The molecule has 0 aliphatic heterocycles. The van der Waals surface area contributed by atoms with Gasteiger partial charge in [0, 0.05) is 11.9 Å². The fraction of sp³-hybridized carbons (Fsp3) is 0.619. The Morgan fingerprint density at radius 2 is 1.88 bits per heavy atom. The third kappa shape index (κ3) is 3.36. The molecule has 4 bridgehead atoms. The highest BCUT2D eigenvalue weighted by Gasteiger charge is 2.50. The Morgan fingerprint density at radius 3 is 2.54 bits per heavy atom. The highest BCUT2D eigenvalue weighted by molar-refractivity contribution is 7.20. The van der Waals surface area contributed by atoms with Crippen LogP contribution in [-0.4, -0.2) is 17.4 Å². The SMILES string of the molecule is O=C(Cc1csc(-c2cccs2)n1)NCCC12CC3CC(CC(C3)C1)C2. The van der Waals surface area contributed by atoms with Crippen LogP contribution in [0.25, 0.3) is 9.88 Å². The van der Waals surface area contributed by atoms with Crippen LogP contribution in [0.5, 0.6) is 0 Å². The maximum Gasteiger partial charge on any atom is 0.226 e. The van der Waals surface area contributed by atoms with E-state index in [0.29, 0.717) is 11.8 Å². The first-order valence-corrected chi connectivity index (χ1v) is 11.7. The molecular weight excluding hydrogens is 360 g/mol. The Morgan fingerprint density at radius 1 is 1.15 bits per heavy atom. The van der Waals surface area contributed by atoms with E-state index in [1.807, 2.05) is 11.4 Å². The molecule has 0 unspecified atom stereocenters. The van der Waals surface area contributed by atoms with E-state index in [4.69, 9.17) is 0 Å². The lowest BCUT2D eigenvalue weighted by Gasteiger charge is -2.57. The number of thiophene rings is 1. The van der Waals surface area contributed by atoms with Crippen molar-refractivity contribution in [1.29, 1.82) is 0 Å². The molecule has 0 saturated heterocycles. The van der Waals surface area contributed by atoms with E-state index in [0.717, 1.165) is 35.0 Å². The number of nitrogens with one attached hydrogen (secondary N) is 1. The van der Waals surface area contributed by atoms with Crippen LogP contribution in [0.3, 0.4) is 0 Å². The molecule has 0 radical (unpaired) electrons. The third-order valence-electron chi connectivity index (χ3n) is 6.77. The average Bonchev–Trinajstić information content (AvgIpc) is 3.24. The van der Waals surface area contributed by atoms with Crippen LogP contribution >= 0.6 is 22.7 Å². The Bertz CT molecular complexity index is 745. The zero-order valence-electron chi connectivity index (χ0n) is 15.1. The second kappa shape index (κ2) is 6.75. The standard InChI is InChI=1S/C21H26N2OS2/c24-19(9-17-13-26-20(23-17)18-2-1-5-25-18)22-4-3-21-10-14-6-15(11-21)8-16(7-14)12-21/h1-2,5,13-16H,3-4,6-12H2,(H,22,24). The molecule has 138 valence electrons. The highest BCUT2D eigenvalue weighted by Crippen LogP contribution is 2.61. The molecule has 3 nitrogen and oxygen atoms in total. The lowest BCUT2D eigenvalue weighted by atomic mass is 9.49. The molecule has 0 aromatic carbocycles. The number of carbonyl (C=O) groups excluding carboxylic acids is 1. The number of hydrogen-bond donors (Lipinski definition) is 1. The summed E-state index contributed by atoms with van der Waals surface area (Å²) < 4.78 is 0. The van der Waals surface area contributed by atoms with Crippen LogP contribution in [0.4, 0.5) is 0 Å². The number of carbonyl (C=O) groups is 1. The summed E-state index contributed by atoms with van der Waals surface area (Å²) in [5, 5.41) is 8.29. The van der Waals surface area contributed by atoms with Crippen molar-refractivity contribution in [2.75, 3.05) is 6.54 Å². The first-order chi connectivity index (χ1) is 12.7. The van der Waals surface area contributed by atoms with Gasteiger partial charge in [-0.15, -0.1) is 22.7 Å². The number of aromatic nitrogens is 1. The second-order valence-corrected chi connectivity index (χ2v) is 10.6. The Hall–Kier alpha value is -1.20. The zero-order valence-corrected chi connectivity index (χ0v) is 16.7. The van der Waals surface area contributed by atoms with Crippen LogP contribution < -0.4 is 5.32 Å². The predicted octanol–water partition coefficient (Wildman–Crippen LogP) is 5.14. The average molecular weight is 387 g/mol. The van der Waals surface area contributed by atoms with E-state index < -0.39 is 0 Å². The maximum atomic E-state index is 12.4. The molecule has 6 rings (SSSR count). The minimum atomic E-state index is 0.123. The molecule has 1 amide bonds. The zero-order chi connectivity index (χ0) is 17.6. The van der Waals surface area contributed by atoms with Crippen molar-refractivity contribution in [1.82, 2.24) is 10.3 Å². The third-order valence-corrected chi connectivity index (χ3v) is 8.70. The number of nitrogens with zero attached hydrogens (tertiary/aromatic N) is 1. The van der Waals surface area contributed by atoms with E-state index in [2.05, 4.69) is 21.7 Å². The van der Waals surface area contributed by atoms with Gasteiger partial charge in [0.25, 0.3) is 0 Å². The van der Waals surface area contributed by atoms with Gasteiger partial charge >= 0.3 is 0 Å². The largest absolute Gasteiger partial charge is 0.356 e. The van der Waals surface area contributed by atoms with Gasteiger partial charge in [0.15, 0.2) is 0 Å². The second-order valence-electron chi connectivity index (χ2n) is 8.82. The van der Waals surface area contributed by atoms with E-state index in [1.54, 1.807) is 22.7 Å². The minimum absolute atomic E-state index is 0.123. The molecule has 2 heterocycles. The summed E-state index contributed by atoms with van der Waals surface area (Å²) in [5.41, 5.74) is 1.44. The molecule has 26 heavy (non-hydrogen) atoms. The van der Waals surface area contributed by atoms with Crippen LogP contribution in [0, 0.1) is 23.2 Å². The number of hydrogen-bond acceptors (Lipinski definition) is 4. The van der Waals surface area contributed by atoms with Gasteiger partial charge in [-0.1, -0.05) is 6.07 Å². The lowest BCUT2D eigenvalue weighted by molar-refractivity contribution is -0.120.